The predicted molar refractivity (Wildman–Crippen MR) is 86.3 cm³/mol. The van der Waals surface area contributed by atoms with Gasteiger partial charge in [-0.3, -0.25) is 9.59 Å². The molecule has 0 heterocycles. The first kappa shape index (κ1) is 15.7. The van der Waals surface area contributed by atoms with Crippen LogP contribution in [0.15, 0.2) is 35.5 Å². The summed E-state index contributed by atoms with van der Waals surface area (Å²) in [5, 5.41) is 33.1. The molecule has 0 saturated carbocycles. The number of benzene rings is 2. The normalized spacial score (nSPS) is 13.6. The van der Waals surface area contributed by atoms with E-state index in [0.29, 0.717) is 12.8 Å². The fourth-order valence-electron chi connectivity index (χ4n) is 2.95. The SMILES string of the molecule is CCC/C(=N\O)c1cc(O)c2c(c1O)C(=O)c1ccccc1C2=O. The maximum atomic E-state index is 12.7. The van der Waals surface area contributed by atoms with Crippen molar-refractivity contribution < 1.29 is 25.0 Å². The highest BCUT2D eigenvalue weighted by Gasteiger charge is 2.36. The van der Waals surface area contributed by atoms with E-state index in [4.69, 9.17) is 5.21 Å². The number of ketones is 2. The molecule has 0 radical (unpaired) electrons. The van der Waals surface area contributed by atoms with E-state index in [0.717, 1.165) is 6.07 Å². The number of aromatic hydroxyl groups is 2. The van der Waals surface area contributed by atoms with E-state index >= 15 is 0 Å². The zero-order chi connectivity index (χ0) is 17.4. The molecule has 2 aromatic carbocycles. The minimum atomic E-state index is -0.552. The van der Waals surface area contributed by atoms with Crippen LogP contribution in [0.5, 0.6) is 11.5 Å². The number of hydrogen-bond acceptors (Lipinski definition) is 6. The molecule has 6 heteroatoms. The molecular formula is C18H15NO5. The standard InChI is InChI=1S/C18H15NO5/c1-2-5-12(19-24)11-8-13(20)14-15(18(11)23)17(22)10-7-4-3-6-9(10)16(14)21/h3-4,6-8,20,23-24H,2,5H2,1H3/b19-12+. The van der Waals surface area contributed by atoms with Gasteiger partial charge < -0.3 is 15.4 Å². The van der Waals surface area contributed by atoms with E-state index in [1.54, 1.807) is 12.1 Å². The first-order chi connectivity index (χ1) is 11.5. The van der Waals surface area contributed by atoms with E-state index in [9.17, 15) is 19.8 Å². The Morgan fingerprint density at radius 1 is 1.04 bits per heavy atom. The highest BCUT2D eigenvalue weighted by atomic mass is 16.4. The summed E-state index contributed by atoms with van der Waals surface area (Å²) < 4.78 is 0. The molecule has 24 heavy (non-hydrogen) atoms. The molecule has 1 aliphatic carbocycles. The van der Waals surface area contributed by atoms with Crippen molar-refractivity contribution in [2.75, 3.05) is 0 Å². The number of phenols is 2. The number of nitrogens with zero attached hydrogens (tertiary/aromatic N) is 1. The summed E-state index contributed by atoms with van der Waals surface area (Å²) in [7, 11) is 0. The van der Waals surface area contributed by atoms with Gasteiger partial charge in [0.15, 0.2) is 11.6 Å². The lowest BCUT2D eigenvalue weighted by Crippen LogP contribution is -2.22. The molecule has 0 amide bonds. The fourth-order valence-corrected chi connectivity index (χ4v) is 2.95. The van der Waals surface area contributed by atoms with Crippen molar-refractivity contribution in [3.8, 4) is 11.5 Å². The zero-order valence-electron chi connectivity index (χ0n) is 12.9. The number of carbonyl (C=O) groups is 2. The lowest BCUT2D eigenvalue weighted by Gasteiger charge is -2.21. The van der Waals surface area contributed by atoms with Crippen molar-refractivity contribution in [2.45, 2.75) is 19.8 Å². The van der Waals surface area contributed by atoms with Crippen LogP contribution in [0.3, 0.4) is 0 Å². The molecule has 0 aromatic heterocycles. The summed E-state index contributed by atoms with van der Waals surface area (Å²) in [6.45, 7) is 1.85. The minimum absolute atomic E-state index is 0.0381. The summed E-state index contributed by atoms with van der Waals surface area (Å²) in [6, 6.07) is 7.39. The van der Waals surface area contributed by atoms with E-state index in [1.165, 1.54) is 12.1 Å². The van der Waals surface area contributed by atoms with Gasteiger partial charge in [0.05, 0.1) is 16.8 Å². The van der Waals surface area contributed by atoms with Crippen molar-refractivity contribution in [1.29, 1.82) is 0 Å². The maximum Gasteiger partial charge on any atom is 0.198 e. The third-order valence-corrected chi connectivity index (χ3v) is 4.07. The van der Waals surface area contributed by atoms with Gasteiger partial charge in [0.2, 0.25) is 0 Å². The molecule has 0 saturated heterocycles. The molecule has 0 aliphatic heterocycles. The largest absolute Gasteiger partial charge is 0.507 e. The number of fused-ring (bicyclic) bond motifs is 2. The van der Waals surface area contributed by atoms with Crippen LogP contribution >= 0.6 is 0 Å². The summed E-state index contributed by atoms with van der Waals surface area (Å²) >= 11 is 0. The molecule has 3 N–H and O–H groups in total. The summed E-state index contributed by atoms with van der Waals surface area (Å²) in [4.78, 5) is 25.3. The highest BCUT2D eigenvalue weighted by Crippen LogP contribution is 2.40. The Kier molecular flexibility index (Phi) is 3.81. The molecule has 0 unspecified atom stereocenters. The van der Waals surface area contributed by atoms with Gasteiger partial charge in [0.1, 0.15) is 11.5 Å². The van der Waals surface area contributed by atoms with Crippen LogP contribution in [0.25, 0.3) is 0 Å². The van der Waals surface area contributed by atoms with Gasteiger partial charge >= 0.3 is 0 Å². The van der Waals surface area contributed by atoms with Crippen LogP contribution in [0.2, 0.25) is 0 Å². The summed E-state index contributed by atoms with van der Waals surface area (Å²) in [5.41, 5.74) is 0.0323. The number of oxime groups is 1. The van der Waals surface area contributed by atoms with Gasteiger partial charge in [0, 0.05) is 16.7 Å². The fraction of sp³-hybridized carbons (Fsp3) is 0.167. The molecule has 6 nitrogen and oxygen atoms in total. The quantitative estimate of drug-likeness (QED) is 0.297. The van der Waals surface area contributed by atoms with Gasteiger partial charge in [-0.25, -0.2) is 0 Å². The smallest absolute Gasteiger partial charge is 0.198 e. The van der Waals surface area contributed by atoms with Crippen LogP contribution in [-0.4, -0.2) is 32.7 Å². The van der Waals surface area contributed by atoms with Gasteiger partial charge in [-0.1, -0.05) is 42.8 Å². The third kappa shape index (κ3) is 2.15. The first-order valence-electron chi connectivity index (χ1n) is 7.49. The second-order valence-corrected chi connectivity index (χ2v) is 5.54. The van der Waals surface area contributed by atoms with Gasteiger partial charge in [0.25, 0.3) is 0 Å². The number of phenolic OH excluding ortho intramolecular Hbond substituents is 2. The van der Waals surface area contributed by atoms with Gasteiger partial charge in [-0.15, -0.1) is 0 Å². The Morgan fingerprint density at radius 2 is 1.62 bits per heavy atom. The monoisotopic (exact) mass is 325 g/mol. The van der Waals surface area contributed by atoms with E-state index < -0.39 is 23.1 Å². The topological polar surface area (TPSA) is 107 Å². The Hall–Kier alpha value is -3.15. The van der Waals surface area contributed by atoms with Crippen molar-refractivity contribution in [2.24, 2.45) is 5.16 Å². The Labute approximate surface area is 137 Å². The molecular weight excluding hydrogens is 310 g/mol. The molecule has 0 atom stereocenters. The maximum absolute atomic E-state index is 12.7. The summed E-state index contributed by atoms with van der Waals surface area (Å²) in [6.07, 6.45) is 0.966. The number of carbonyl (C=O) groups excluding carboxylic acids is 2. The van der Waals surface area contributed by atoms with Crippen LogP contribution in [0.1, 0.15) is 57.2 Å². The Morgan fingerprint density at radius 3 is 2.17 bits per heavy atom. The first-order valence-corrected chi connectivity index (χ1v) is 7.49. The van der Waals surface area contributed by atoms with E-state index in [1.807, 2.05) is 6.92 Å². The predicted octanol–water partition coefficient (Wildman–Crippen LogP) is 2.85. The second kappa shape index (κ2) is 5.81. The molecule has 1 aliphatic rings. The Balaban J connectivity index is 2.30. The zero-order valence-corrected chi connectivity index (χ0v) is 12.9. The average Bonchev–Trinajstić information content (AvgIpc) is 2.59. The molecule has 0 bridgehead atoms. The molecule has 0 spiro atoms. The number of hydrogen-bond donors (Lipinski definition) is 3. The lowest BCUT2D eigenvalue weighted by atomic mass is 9.81. The van der Waals surface area contributed by atoms with E-state index in [2.05, 4.69) is 5.16 Å². The molecule has 3 rings (SSSR count). The van der Waals surface area contributed by atoms with Crippen molar-refractivity contribution in [1.82, 2.24) is 0 Å². The number of rotatable bonds is 3. The Bertz CT molecular complexity index is 899. The van der Waals surface area contributed by atoms with Crippen LogP contribution in [0, 0.1) is 0 Å². The molecule has 2 aromatic rings. The van der Waals surface area contributed by atoms with Crippen LogP contribution in [-0.2, 0) is 0 Å². The molecule has 0 fully saturated rings. The van der Waals surface area contributed by atoms with Crippen LogP contribution in [0.4, 0.5) is 0 Å². The van der Waals surface area contributed by atoms with E-state index in [-0.39, 0.29) is 33.5 Å². The molecule has 122 valence electrons. The minimum Gasteiger partial charge on any atom is -0.507 e. The van der Waals surface area contributed by atoms with Crippen LogP contribution < -0.4 is 0 Å². The highest BCUT2D eigenvalue weighted by molar-refractivity contribution is 6.31. The lowest BCUT2D eigenvalue weighted by molar-refractivity contribution is 0.0974. The third-order valence-electron chi connectivity index (χ3n) is 4.07. The second-order valence-electron chi connectivity index (χ2n) is 5.54. The van der Waals surface area contributed by atoms with Gasteiger partial charge in [-0.2, -0.15) is 0 Å². The van der Waals surface area contributed by atoms with Crippen molar-refractivity contribution in [3.05, 3.63) is 58.1 Å². The summed E-state index contributed by atoms with van der Waals surface area (Å²) in [5.74, 6) is -1.97. The average molecular weight is 325 g/mol. The van der Waals surface area contributed by atoms with Crippen molar-refractivity contribution in [3.63, 3.8) is 0 Å². The van der Waals surface area contributed by atoms with Crippen molar-refractivity contribution >= 4 is 17.3 Å². The van der Waals surface area contributed by atoms with Gasteiger partial charge in [-0.05, 0) is 12.5 Å².